The first-order valence-corrected chi connectivity index (χ1v) is 12.1. The van der Waals surface area contributed by atoms with Crippen LogP contribution in [-0.2, 0) is 15.8 Å². The lowest BCUT2D eigenvalue weighted by Gasteiger charge is -2.22. The van der Waals surface area contributed by atoms with Gasteiger partial charge in [-0.15, -0.1) is 4.91 Å². The predicted octanol–water partition coefficient (Wildman–Crippen LogP) is 4.82. The van der Waals surface area contributed by atoms with Gasteiger partial charge in [-0.1, -0.05) is 95.0 Å². The molecule has 0 aliphatic carbocycles. The van der Waals surface area contributed by atoms with Gasteiger partial charge in [-0.05, 0) is 17.2 Å². The van der Waals surface area contributed by atoms with Crippen LogP contribution in [0.3, 0.4) is 0 Å². The number of nitroso groups, excluding NO2 is 1. The number of nitrogens with zero attached hydrogens (tertiary/aromatic N) is 2. The van der Waals surface area contributed by atoms with Gasteiger partial charge in [-0.25, -0.2) is 8.42 Å². The molecule has 28 heavy (non-hydrogen) atoms. The van der Waals surface area contributed by atoms with E-state index in [1.165, 1.54) is 49.3 Å². The number of sulfonamides is 1. The second-order valence-corrected chi connectivity index (χ2v) is 9.34. The fraction of sp³-hybridized carbons (Fsp3) is 0.714. The molecule has 0 amide bonds. The normalized spacial score (nSPS) is 13.0. The number of rotatable bonds is 17. The summed E-state index contributed by atoms with van der Waals surface area (Å²) in [6.45, 7) is 2.24. The summed E-state index contributed by atoms with van der Waals surface area (Å²) in [6, 6.07) is 8.92. The summed E-state index contributed by atoms with van der Waals surface area (Å²) in [4.78, 5) is 10.5. The molecule has 0 aliphatic heterocycles. The van der Waals surface area contributed by atoms with Crippen molar-refractivity contribution in [3.8, 4) is 0 Å². The van der Waals surface area contributed by atoms with Crippen LogP contribution in [0.5, 0.6) is 0 Å². The van der Waals surface area contributed by atoms with Gasteiger partial charge < -0.3 is 5.11 Å². The number of benzene rings is 1. The van der Waals surface area contributed by atoms with E-state index in [1.54, 1.807) is 24.3 Å². The topological polar surface area (TPSA) is 87.0 Å². The fourth-order valence-electron chi connectivity index (χ4n) is 3.21. The Kier molecular flexibility index (Phi) is 12.9. The molecule has 0 fully saturated rings. The third-order valence-corrected chi connectivity index (χ3v) is 6.65. The zero-order valence-electron chi connectivity index (χ0n) is 17.1. The van der Waals surface area contributed by atoms with Crippen LogP contribution in [-0.4, -0.2) is 37.1 Å². The molecule has 1 N–H and O–H groups in total. The zero-order valence-corrected chi connectivity index (χ0v) is 17.9. The van der Waals surface area contributed by atoms with Gasteiger partial charge in [-0.2, -0.15) is 4.31 Å². The quantitative estimate of drug-likeness (QED) is 0.293. The molecule has 0 heterocycles. The fourth-order valence-corrected chi connectivity index (χ4v) is 4.78. The van der Waals surface area contributed by atoms with Crippen molar-refractivity contribution in [1.29, 1.82) is 0 Å². The highest BCUT2D eigenvalue weighted by atomic mass is 32.2. The van der Waals surface area contributed by atoms with Gasteiger partial charge in [0.15, 0.2) is 0 Å². The van der Waals surface area contributed by atoms with Gasteiger partial charge in [0.2, 0.25) is 16.3 Å². The first-order valence-electron chi connectivity index (χ1n) is 10.5. The first kappa shape index (κ1) is 24.7. The summed E-state index contributed by atoms with van der Waals surface area (Å²) in [5, 5.41) is 12.1. The van der Waals surface area contributed by atoms with Crippen LogP contribution >= 0.6 is 0 Å². The maximum Gasteiger partial charge on any atom is 0.218 e. The second-order valence-electron chi connectivity index (χ2n) is 7.37. The minimum absolute atomic E-state index is 0.142. The Morgan fingerprint density at radius 2 is 1.46 bits per heavy atom. The van der Waals surface area contributed by atoms with Gasteiger partial charge in [-0.3, -0.25) is 0 Å². The van der Waals surface area contributed by atoms with Crippen LogP contribution < -0.4 is 0 Å². The highest BCUT2D eigenvalue weighted by Crippen LogP contribution is 2.15. The van der Waals surface area contributed by atoms with Gasteiger partial charge >= 0.3 is 0 Å². The Labute approximate surface area is 170 Å². The molecular weight excluding hydrogens is 376 g/mol. The van der Waals surface area contributed by atoms with E-state index in [0.29, 0.717) is 12.1 Å². The molecule has 0 radical (unpaired) electrons. The Morgan fingerprint density at radius 3 is 2.00 bits per heavy atom. The molecule has 0 saturated carbocycles. The molecule has 7 heteroatoms. The van der Waals surface area contributed by atoms with E-state index >= 15 is 0 Å². The highest BCUT2D eigenvalue weighted by Gasteiger charge is 2.25. The standard InChI is InChI=1S/C21H36N2O4S/c1-2-3-4-5-6-7-8-9-10-14-17-23(18-21(24)22-25)28(26,27)19-20-15-12-11-13-16-20/h11-13,15-16,21,24H,2-10,14,17-19H2,1H3. The lowest BCUT2D eigenvalue weighted by molar-refractivity contribution is 0.152. The Bertz CT molecular complexity index is 623. The smallest absolute Gasteiger partial charge is 0.218 e. The molecule has 1 unspecified atom stereocenters. The largest absolute Gasteiger partial charge is 0.368 e. The maximum absolute atomic E-state index is 12.7. The van der Waals surface area contributed by atoms with Crippen molar-refractivity contribution in [2.45, 2.75) is 83.1 Å². The molecule has 1 aromatic rings. The molecule has 1 aromatic carbocycles. The molecule has 1 rings (SSSR count). The van der Waals surface area contributed by atoms with Crippen LogP contribution in [0.1, 0.15) is 76.7 Å². The molecule has 0 bridgehead atoms. The maximum atomic E-state index is 12.7. The van der Waals surface area contributed by atoms with E-state index in [9.17, 15) is 18.4 Å². The predicted molar refractivity (Wildman–Crippen MR) is 114 cm³/mol. The van der Waals surface area contributed by atoms with Crippen molar-refractivity contribution in [3.05, 3.63) is 40.8 Å². The van der Waals surface area contributed by atoms with Crippen molar-refractivity contribution in [1.82, 2.24) is 4.31 Å². The monoisotopic (exact) mass is 412 g/mol. The van der Waals surface area contributed by atoms with Crippen molar-refractivity contribution >= 4 is 10.0 Å². The van der Waals surface area contributed by atoms with E-state index < -0.39 is 16.3 Å². The molecule has 0 aromatic heterocycles. The number of aliphatic hydroxyl groups excluding tert-OH is 1. The van der Waals surface area contributed by atoms with Crippen molar-refractivity contribution < 1.29 is 13.5 Å². The van der Waals surface area contributed by atoms with Crippen LogP contribution in [0.2, 0.25) is 0 Å². The van der Waals surface area contributed by atoms with Gasteiger partial charge in [0.1, 0.15) is 0 Å². The van der Waals surface area contributed by atoms with E-state index in [4.69, 9.17) is 0 Å². The molecule has 1 atom stereocenters. The van der Waals surface area contributed by atoms with Crippen LogP contribution in [0.25, 0.3) is 0 Å². The highest BCUT2D eigenvalue weighted by molar-refractivity contribution is 7.88. The third kappa shape index (κ3) is 10.9. The zero-order chi connectivity index (χ0) is 20.7. The molecule has 0 saturated heterocycles. The lowest BCUT2D eigenvalue weighted by Crippen LogP contribution is -2.38. The van der Waals surface area contributed by atoms with Gasteiger partial charge in [0.25, 0.3) is 0 Å². The molecule has 0 spiro atoms. The van der Waals surface area contributed by atoms with Crippen LogP contribution in [0.4, 0.5) is 0 Å². The SMILES string of the molecule is CCCCCCCCCCCCN(CC(O)N=O)S(=O)(=O)Cc1ccccc1. The van der Waals surface area contributed by atoms with Crippen molar-refractivity contribution in [2.75, 3.05) is 13.1 Å². The number of unbranched alkanes of at least 4 members (excludes halogenated alkanes) is 9. The first-order chi connectivity index (χ1) is 13.5. The third-order valence-electron chi connectivity index (χ3n) is 4.83. The Balaban J connectivity index is 2.40. The summed E-state index contributed by atoms with van der Waals surface area (Å²) in [6.07, 6.45) is 10.1. The lowest BCUT2D eigenvalue weighted by atomic mass is 10.1. The van der Waals surface area contributed by atoms with Crippen LogP contribution in [0.15, 0.2) is 35.5 Å². The van der Waals surface area contributed by atoms with Crippen molar-refractivity contribution in [3.63, 3.8) is 0 Å². The van der Waals surface area contributed by atoms with Crippen LogP contribution in [0, 0.1) is 4.91 Å². The summed E-state index contributed by atoms with van der Waals surface area (Å²) in [5.41, 5.74) is 0.684. The number of aliphatic hydroxyl groups is 1. The molecule has 160 valence electrons. The van der Waals surface area contributed by atoms with Gasteiger partial charge in [0.05, 0.1) is 12.3 Å². The van der Waals surface area contributed by atoms with E-state index in [1.807, 2.05) is 6.07 Å². The summed E-state index contributed by atoms with van der Waals surface area (Å²) < 4.78 is 26.6. The Morgan fingerprint density at radius 1 is 0.929 bits per heavy atom. The second kappa shape index (κ2) is 14.7. The van der Waals surface area contributed by atoms with E-state index in [0.717, 1.165) is 19.3 Å². The average molecular weight is 413 g/mol. The summed E-state index contributed by atoms with van der Waals surface area (Å²) in [7, 11) is -3.62. The number of hydrogen-bond acceptors (Lipinski definition) is 5. The summed E-state index contributed by atoms with van der Waals surface area (Å²) >= 11 is 0. The molecule has 6 nitrogen and oxygen atoms in total. The van der Waals surface area contributed by atoms with Crippen molar-refractivity contribution in [2.24, 2.45) is 5.18 Å². The summed E-state index contributed by atoms with van der Waals surface area (Å²) in [5.74, 6) is -0.142. The van der Waals surface area contributed by atoms with E-state index in [-0.39, 0.29) is 12.3 Å². The minimum atomic E-state index is -3.62. The number of hydrogen-bond donors (Lipinski definition) is 1. The molecular formula is C21H36N2O4S. The van der Waals surface area contributed by atoms with E-state index in [2.05, 4.69) is 12.1 Å². The Hall–Kier alpha value is -1.31. The minimum Gasteiger partial charge on any atom is -0.368 e. The van der Waals surface area contributed by atoms with Gasteiger partial charge in [0, 0.05) is 6.54 Å². The molecule has 0 aliphatic rings. The average Bonchev–Trinajstić information content (AvgIpc) is 2.68.